The van der Waals surface area contributed by atoms with E-state index in [1.54, 1.807) is 0 Å². The van der Waals surface area contributed by atoms with Crippen LogP contribution in [0.15, 0.2) is 22.7 Å². The van der Waals surface area contributed by atoms with Crippen LogP contribution >= 0.6 is 15.9 Å². The van der Waals surface area contributed by atoms with E-state index in [4.69, 9.17) is 5.11 Å². The van der Waals surface area contributed by atoms with Gasteiger partial charge in [0.25, 0.3) is 5.91 Å². The number of halogens is 4. The van der Waals surface area contributed by atoms with Crippen LogP contribution in [0.4, 0.5) is 13.2 Å². The van der Waals surface area contributed by atoms with Crippen LogP contribution < -0.4 is 5.32 Å². The average molecular weight is 352 g/mol. The van der Waals surface area contributed by atoms with Crippen LogP contribution in [0.5, 0.6) is 0 Å². The summed E-state index contributed by atoms with van der Waals surface area (Å²) in [7, 11) is 0. The quantitative estimate of drug-likeness (QED) is 0.876. The first-order valence-electron chi connectivity index (χ1n) is 6.03. The van der Waals surface area contributed by atoms with Crippen molar-refractivity contribution in [3.8, 4) is 0 Å². The van der Waals surface area contributed by atoms with Crippen molar-refractivity contribution >= 4 is 21.8 Å². The second kappa shape index (κ2) is 5.37. The van der Waals surface area contributed by atoms with E-state index in [0.717, 1.165) is 25.0 Å². The molecular weight excluding hydrogens is 339 g/mol. The van der Waals surface area contributed by atoms with Gasteiger partial charge in [-0.2, -0.15) is 13.2 Å². The van der Waals surface area contributed by atoms with Crippen LogP contribution in [0.25, 0.3) is 0 Å². The number of nitrogens with one attached hydrogen (secondary N) is 1. The van der Waals surface area contributed by atoms with Crippen LogP contribution in [0.3, 0.4) is 0 Å². The van der Waals surface area contributed by atoms with Gasteiger partial charge in [0.05, 0.1) is 17.7 Å². The van der Waals surface area contributed by atoms with E-state index in [9.17, 15) is 18.0 Å². The Morgan fingerprint density at radius 1 is 1.40 bits per heavy atom. The van der Waals surface area contributed by atoms with Crippen molar-refractivity contribution in [1.29, 1.82) is 0 Å². The van der Waals surface area contributed by atoms with Crippen LogP contribution in [-0.2, 0) is 6.18 Å². The van der Waals surface area contributed by atoms with Crippen molar-refractivity contribution in [3.63, 3.8) is 0 Å². The summed E-state index contributed by atoms with van der Waals surface area (Å²) in [4.78, 5) is 11.9. The Morgan fingerprint density at radius 2 is 2.05 bits per heavy atom. The maximum Gasteiger partial charge on any atom is 0.417 e. The van der Waals surface area contributed by atoms with Gasteiger partial charge in [-0.15, -0.1) is 0 Å². The molecule has 1 saturated carbocycles. The summed E-state index contributed by atoms with van der Waals surface area (Å²) in [5, 5.41) is 11.6. The highest BCUT2D eigenvalue weighted by atomic mass is 79.9. The van der Waals surface area contributed by atoms with Crippen LogP contribution in [-0.4, -0.2) is 24.2 Å². The van der Waals surface area contributed by atoms with Crippen molar-refractivity contribution in [1.82, 2.24) is 5.32 Å². The van der Waals surface area contributed by atoms with Crippen LogP contribution in [0, 0.1) is 5.41 Å². The van der Waals surface area contributed by atoms with Crippen LogP contribution in [0.1, 0.15) is 28.8 Å². The van der Waals surface area contributed by atoms with Crippen LogP contribution in [0.2, 0.25) is 0 Å². The van der Waals surface area contributed by atoms with E-state index < -0.39 is 23.2 Å². The van der Waals surface area contributed by atoms with E-state index >= 15 is 0 Å². The molecule has 1 aromatic carbocycles. The Bertz CT molecular complexity index is 527. The second-order valence-electron chi connectivity index (χ2n) is 5.03. The number of aliphatic hydroxyl groups excluding tert-OH is 1. The van der Waals surface area contributed by atoms with Gasteiger partial charge in [0.2, 0.25) is 0 Å². The molecule has 1 aromatic rings. The Hall–Kier alpha value is -1.08. The van der Waals surface area contributed by atoms with Gasteiger partial charge in [-0.3, -0.25) is 4.79 Å². The second-order valence-corrected chi connectivity index (χ2v) is 5.94. The molecule has 0 bridgehead atoms. The lowest BCUT2D eigenvalue weighted by molar-refractivity contribution is -0.138. The molecule has 0 radical (unpaired) electrons. The van der Waals surface area contributed by atoms with Crippen molar-refractivity contribution < 1.29 is 23.1 Å². The Balaban J connectivity index is 2.17. The van der Waals surface area contributed by atoms with Gasteiger partial charge in [-0.1, -0.05) is 15.9 Å². The molecule has 1 aliphatic rings. The molecule has 0 spiro atoms. The number of benzene rings is 1. The lowest BCUT2D eigenvalue weighted by Crippen LogP contribution is -2.33. The number of hydrogen-bond acceptors (Lipinski definition) is 2. The molecule has 1 aliphatic carbocycles. The molecular formula is C13H13BrF3NO2. The molecule has 1 amide bonds. The molecule has 0 heterocycles. The topological polar surface area (TPSA) is 49.3 Å². The van der Waals surface area contributed by atoms with Crippen molar-refractivity contribution in [2.24, 2.45) is 5.41 Å². The zero-order chi connectivity index (χ0) is 15.0. The molecule has 2 N–H and O–H groups in total. The average Bonchev–Trinajstić information content (AvgIpc) is 3.15. The summed E-state index contributed by atoms with van der Waals surface area (Å²) < 4.78 is 39.0. The lowest BCUT2D eigenvalue weighted by atomic mass is 10.1. The largest absolute Gasteiger partial charge is 0.417 e. The van der Waals surface area contributed by atoms with Gasteiger partial charge >= 0.3 is 6.18 Å². The molecule has 7 heteroatoms. The third-order valence-corrected chi connectivity index (χ3v) is 3.94. The zero-order valence-electron chi connectivity index (χ0n) is 10.4. The van der Waals surface area contributed by atoms with Gasteiger partial charge in [0.1, 0.15) is 0 Å². The van der Waals surface area contributed by atoms with Gasteiger partial charge in [-0.05, 0) is 31.0 Å². The molecule has 110 valence electrons. The smallest absolute Gasteiger partial charge is 0.396 e. The number of amides is 1. The van der Waals surface area contributed by atoms with Gasteiger partial charge in [-0.25, -0.2) is 0 Å². The molecule has 0 saturated heterocycles. The van der Waals surface area contributed by atoms with Crippen molar-refractivity contribution in [2.75, 3.05) is 13.2 Å². The Kier molecular flexibility index (Phi) is 4.11. The molecule has 0 atom stereocenters. The molecule has 3 nitrogen and oxygen atoms in total. The summed E-state index contributed by atoms with van der Waals surface area (Å²) in [6, 6.07) is 3.41. The number of carbonyl (C=O) groups is 1. The third-order valence-electron chi connectivity index (χ3n) is 3.45. The SMILES string of the molecule is O=C(NCC1(CO)CC1)c1ccc(Br)cc1C(F)(F)F. The fourth-order valence-corrected chi connectivity index (χ4v) is 2.24. The highest BCUT2D eigenvalue weighted by Gasteiger charge is 2.42. The summed E-state index contributed by atoms with van der Waals surface area (Å²) in [6.07, 6.45) is -3.04. The third kappa shape index (κ3) is 3.32. The first kappa shape index (κ1) is 15.3. The summed E-state index contributed by atoms with van der Waals surface area (Å²) in [6.45, 7) is 0.120. The predicted octanol–water partition coefficient (Wildman–Crippen LogP) is 2.97. The van der Waals surface area contributed by atoms with E-state index in [0.29, 0.717) is 0 Å². The van der Waals surface area contributed by atoms with E-state index in [-0.39, 0.29) is 23.0 Å². The van der Waals surface area contributed by atoms with Crippen molar-refractivity contribution in [2.45, 2.75) is 19.0 Å². The van der Waals surface area contributed by atoms with E-state index in [2.05, 4.69) is 21.2 Å². The summed E-state index contributed by atoms with van der Waals surface area (Å²) in [5.41, 5.74) is -1.73. The number of carbonyl (C=O) groups excluding carboxylic acids is 1. The van der Waals surface area contributed by atoms with Gasteiger partial charge in [0, 0.05) is 16.4 Å². The normalized spacial score (nSPS) is 16.9. The van der Waals surface area contributed by atoms with E-state index in [1.165, 1.54) is 6.07 Å². The molecule has 0 aliphatic heterocycles. The maximum atomic E-state index is 12.9. The molecule has 1 fully saturated rings. The zero-order valence-corrected chi connectivity index (χ0v) is 12.0. The number of hydrogen-bond donors (Lipinski definition) is 2. The monoisotopic (exact) mass is 351 g/mol. The minimum atomic E-state index is -4.59. The molecule has 2 rings (SSSR count). The summed E-state index contributed by atoms with van der Waals surface area (Å²) in [5.74, 6) is -0.774. The lowest BCUT2D eigenvalue weighted by Gasteiger charge is -2.16. The molecule has 20 heavy (non-hydrogen) atoms. The van der Waals surface area contributed by atoms with Crippen molar-refractivity contribution in [3.05, 3.63) is 33.8 Å². The number of rotatable bonds is 4. The Labute approximate surface area is 122 Å². The minimum absolute atomic E-state index is 0.0697. The fourth-order valence-electron chi connectivity index (χ4n) is 1.88. The van der Waals surface area contributed by atoms with Gasteiger partial charge < -0.3 is 10.4 Å². The molecule has 0 aromatic heterocycles. The first-order valence-corrected chi connectivity index (χ1v) is 6.83. The Morgan fingerprint density at radius 3 is 2.55 bits per heavy atom. The number of aliphatic hydroxyl groups is 1. The summed E-state index contributed by atoms with van der Waals surface area (Å²) >= 11 is 2.97. The van der Waals surface area contributed by atoms with E-state index in [1.807, 2.05) is 0 Å². The number of alkyl halides is 3. The fraction of sp³-hybridized carbons (Fsp3) is 0.462. The van der Waals surface area contributed by atoms with Gasteiger partial charge in [0.15, 0.2) is 0 Å². The molecule has 0 unspecified atom stereocenters. The first-order chi connectivity index (χ1) is 9.27. The predicted molar refractivity (Wildman–Crippen MR) is 70.2 cm³/mol. The highest BCUT2D eigenvalue weighted by molar-refractivity contribution is 9.10. The maximum absolute atomic E-state index is 12.9. The standard InChI is InChI=1S/C13H13BrF3NO2/c14-8-1-2-9(10(5-8)13(15,16)17)11(20)18-6-12(7-19)3-4-12/h1-2,5,19H,3-4,6-7H2,(H,18,20). The highest BCUT2D eigenvalue weighted by Crippen LogP contribution is 2.44. The minimum Gasteiger partial charge on any atom is -0.396 e.